The predicted molar refractivity (Wildman–Crippen MR) is 126 cm³/mol. The molecule has 10 heteroatoms. The third-order valence-corrected chi connectivity index (χ3v) is 6.08. The first-order valence-electron chi connectivity index (χ1n) is 9.56. The van der Waals surface area contributed by atoms with E-state index in [0.29, 0.717) is 10.8 Å². The number of halogens is 2. The number of anilines is 1. The second-order valence-corrected chi connectivity index (χ2v) is 9.81. The van der Waals surface area contributed by atoms with Crippen LogP contribution in [0, 0.1) is 0 Å². The third kappa shape index (κ3) is 6.95. The van der Waals surface area contributed by atoms with Crippen molar-refractivity contribution in [3.8, 4) is 5.75 Å². The van der Waals surface area contributed by atoms with E-state index >= 15 is 0 Å². The molecule has 0 atom stereocenters. The van der Waals surface area contributed by atoms with Crippen molar-refractivity contribution in [1.29, 1.82) is 0 Å². The van der Waals surface area contributed by atoms with Crippen LogP contribution in [0.2, 0.25) is 10.0 Å². The van der Waals surface area contributed by atoms with Gasteiger partial charge in [0.1, 0.15) is 17.9 Å². The summed E-state index contributed by atoms with van der Waals surface area (Å²) >= 11 is 11.9. The van der Waals surface area contributed by atoms with Crippen molar-refractivity contribution in [2.45, 2.75) is 11.5 Å². The summed E-state index contributed by atoms with van der Waals surface area (Å²) < 4.78 is 34.2. The fraction of sp³-hybridized carbons (Fsp3) is 0.130. The number of ether oxygens (including phenoxy) is 2. The average Bonchev–Trinajstić information content (AvgIpc) is 2.78. The highest BCUT2D eigenvalue weighted by Crippen LogP contribution is 2.25. The van der Waals surface area contributed by atoms with Crippen molar-refractivity contribution in [3.63, 3.8) is 0 Å². The quantitative estimate of drug-likeness (QED) is 0.440. The van der Waals surface area contributed by atoms with Gasteiger partial charge in [-0.1, -0.05) is 47.5 Å². The summed E-state index contributed by atoms with van der Waals surface area (Å²) in [5, 5.41) is 3.18. The highest BCUT2D eigenvalue weighted by molar-refractivity contribution is 7.90. The van der Waals surface area contributed by atoms with E-state index in [2.05, 4.69) is 5.32 Å². The molecule has 7 nitrogen and oxygen atoms in total. The van der Waals surface area contributed by atoms with Gasteiger partial charge in [-0.3, -0.25) is 4.79 Å². The number of carbonyl (C=O) groups excluding carboxylic acids is 2. The van der Waals surface area contributed by atoms with Crippen LogP contribution in [-0.4, -0.2) is 33.2 Å². The monoisotopic (exact) mass is 507 g/mol. The minimum absolute atomic E-state index is 0.00837. The zero-order chi connectivity index (χ0) is 24.0. The molecule has 1 amide bonds. The van der Waals surface area contributed by atoms with E-state index in [9.17, 15) is 18.0 Å². The molecule has 0 aliphatic carbocycles. The summed E-state index contributed by atoms with van der Waals surface area (Å²) in [5.41, 5.74) is 1.10. The molecule has 0 aromatic heterocycles. The Balaban J connectivity index is 1.62. The summed E-state index contributed by atoms with van der Waals surface area (Å²) in [6.07, 6.45) is 1.04. The highest BCUT2D eigenvalue weighted by atomic mass is 35.5. The van der Waals surface area contributed by atoms with Gasteiger partial charge in [0.15, 0.2) is 16.4 Å². The first-order valence-corrected chi connectivity index (χ1v) is 12.2. The lowest BCUT2D eigenvalue weighted by molar-refractivity contribution is -0.119. The molecule has 0 unspecified atom stereocenters. The van der Waals surface area contributed by atoms with Gasteiger partial charge in [-0.15, -0.1) is 0 Å². The standard InChI is InChI=1S/C23H19Cl2NO6S/c1-33(29,30)17-10-11-19(25)20(12-17)26-22(27)14-32-23(28)18-4-2-3-5-21(18)31-13-15-6-8-16(24)9-7-15/h2-12H,13-14H2,1H3,(H,26,27). The number of esters is 1. The Hall–Kier alpha value is -3.07. The second kappa shape index (κ2) is 10.7. The number of benzene rings is 3. The topological polar surface area (TPSA) is 98.8 Å². The number of amides is 1. The molecule has 0 fully saturated rings. The largest absolute Gasteiger partial charge is 0.488 e. The lowest BCUT2D eigenvalue weighted by Crippen LogP contribution is -2.21. The second-order valence-electron chi connectivity index (χ2n) is 6.95. The van der Waals surface area contributed by atoms with Crippen molar-refractivity contribution in [3.05, 3.63) is 87.9 Å². The molecule has 0 spiro atoms. The van der Waals surface area contributed by atoms with Crippen LogP contribution < -0.4 is 10.1 Å². The Kier molecular flexibility index (Phi) is 7.97. The van der Waals surface area contributed by atoms with Crippen molar-refractivity contribution >= 4 is 50.6 Å². The fourth-order valence-electron chi connectivity index (χ4n) is 2.73. The van der Waals surface area contributed by atoms with Gasteiger partial charge in [0, 0.05) is 11.3 Å². The molecule has 0 heterocycles. The number of sulfone groups is 1. The molecule has 1 N–H and O–H groups in total. The van der Waals surface area contributed by atoms with Crippen LogP contribution in [-0.2, 0) is 26.0 Å². The highest BCUT2D eigenvalue weighted by Gasteiger charge is 2.17. The van der Waals surface area contributed by atoms with E-state index in [-0.39, 0.29) is 27.8 Å². The number of hydrogen-bond acceptors (Lipinski definition) is 6. The molecule has 0 bridgehead atoms. The summed E-state index contributed by atoms with van der Waals surface area (Å²) in [6.45, 7) is -0.402. The van der Waals surface area contributed by atoms with Crippen LogP contribution in [0.1, 0.15) is 15.9 Å². The first-order chi connectivity index (χ1) is 15.6. The van der Waals surface area contributed by atoms with Crippen LogP contribution in [0.15, 0.2) is 71.6 Å². The molecule has 172 valence electrons. The third-order valence-electron chi connectivity index (χ3n) is 4.39. The van der Waals surface area contributed by atoms with Gasteiger partial charge in [0.05, 0.1) is 15.6 Å². The predicted octanol–water partition coefficient (Wildman–Crippen LogP) is 4.77. The zero-order valence-electron chi connectivity index (χ0n) is 17.4. The van der Waals surface area contributed by atoms with Crippen molar-refractivity contribution < 1.29 is 27.5 Å². The van der Waals surface area contributed by atoms with E-state index in [1.165, 1.54) is 24.3 Å². The van der Waals surface area contributed by atoms with Gasteiger partial charge in [0.2, 0.25) is 0 Å². The van der Waals surface area contributed by atoms with Gasteiger partial charge < -0.3 is 14.8 Å². The lowest BCUT2D eigenvalue weighted by atomic mass is 10.2. The Morgan fingerprint density at radius 3 is 2.36 bits per heavy atom. The molecule has 0 aliphatic heterocycles. The maximum absolute atomic E-state index is 12.5. The van der Waals surface area contributed by atoms with Crippen molar-refractivity contribution in [2.75, 3.05) is 18.2 Å². The molecule has 0 aliphatic rings. The van der Waals surface area contributed by atoms with Crippen LogP contribution in [0.3, 0.4) is 0 Å². The van der Waals surface area contributed by atoms with E-state index in [1.807, 2.05) is 0 Å². The summed E-state index contributed by atoms with van der Waals surface area (Å²) in [7, 11) is -3.49. The minimum atomic E-state index is -3.49. The summed E-state index contributed by atoms with van der Waals surface area (Å²) in [6, 6.07) is 17.5. The molecule has 0 saturated heterocycles. The van der Waals surface area contributed by atoms with E-state index in [0.717, 1.165) is 11.8 Å². The van der Waals surface area contributed by atoms with Gasteiger partial charge >= 0.3 is 5.97 Å². The van der Waals surface area contributed by atoms with Crippen LogP contribution in [0.4, 0.5) is 5.69 Å². The number of hydrogen-bond donors (Lipinski definition) is 1. The summed E-state index contributed by atoms with van der Waals surface area (Å²) in [4.78, 5) is 24.8. The maximum atomic E-state index is 12.5. The van der Waals surface area contributed by atoms with E-state index in [4.69, 9.17) is 32.7 Å². The molecular weight excluding hydrogens is 489 g/mol. The lowest BCUT2D eigenvalue weighted by Gasteiger charge is -2.12. The summed E-state index contributed by atoms with van der Waals surface area (Å²) in [5.74, 6) is -1.15. The van der Waals surface area contributed by atoms with Gasteiger partial charge in [0.25, 0.3) is 5.91 Å². The minimum Gasteiger partial charge on any atom is -0.488 e. The molecule has 0 saturated carbocycles. The number of rotatable bonds is 8. The average molecular weight is 508 g/mol. The molecule has 3 rings (SSSR count). The Morgan fingerprint density at radius 2 is 1.67 bits per heavy atom. The zero-order valence-corrected chi connectivity index (χ0v) is 19.7. The van der Waals surface area contributed by atoms with Crippen LogP contribution >= 0.6 is 23.2 Å². The number of carbonyl (C=O) groups is 2. The van der Waals surface area contributed by atoms with Gasteiger partial charge in [-0.2, -0.15) is 0 Å². The van der Waals surface area contributed by atoms with Crippen molar-refractivity contribution in [2.24, 2.45) is 0 Å². The normalized spacial score (nSPS) is 11.0. The fourth-order valence-corrected chi connectivity index (χ4v) is 3.67. The molecule has 3 aromatic rings. The Morgan fingerprint density at radius 1 is 0.970 bits per heavy atom. The first kappa shape index (κ1) is 24.6. The Labute approximate surface area is 201 Å². The van der Waals surface area contributed by atoms with Crippen molar-refractivity contribution in [1.82, 2.24) is 0 Å². The SMILES string of the molecule is CS(=O)(=O)c1ccc(Cl)c(NC(=O)COC(=O)c2ccccc2OCc2ccc(Cl)cc2)c1. The molecular formula is C23H19Cl2NO6S. The van der Waals surface area contributed by atoms with Gasteiger partial charge in [-0.05, 0) is 48.0 Å². The smallest absolute Gasteiger partial charge is 0.342 e. The van der Waals surface area contributed by atoms with Crippen LogP contribution in [0.25, 0.3) is 0 Å². The Bertz CT molecular complexity index is 1280. The molecule has 33 heavy (non-hydrogen) atoms. The van der Waals surface area contributed by atoms with Gasteiger partial charge in [-0.25, -0.2) is 13.2 Å². The molecule has 0 radical (unpaired) electrons. The number of para-hydroxylation sites is 1. The maximum Gasteiger partial charge on any atom is 0.342 e. The van der Waals surface area contributed by atoms with Crippen LogP contribution in [0.5, 0.6) is 5.75 Å². The van der Waals surface area contributed by atoms with E-state index < -0.39 is 28.3 Å². The molecule has 3 aromatic carbocycles. The van der Waals surface area contributed by atoms with E-state index in [1.54, 1.807) is 42.5 Å². The number of nitrogens with one attached hydrogen (secondary N) is 1.